The number of methoxy groups -OCH3 is 1. The highest BCUT2D eigenvalue weighted by Crippen LogP contribution is 2.31. The van der Waals surface area contributed by atoms with E-state index in [-0.39, 0.29) is 23.2 Å². The summed E-state index contributed by atoms with van der Waals surface area (Å²) < 4.78 is 21.2. The number of aromatic nitrogens is 3. The van der Waals surface area contributed by atoms with Gasteiger partial charge in [-0.3, -0.25) is 0 Å². The Morgan fingerprint density at radius 2 is 2.10 bits per heavy atom. The van der Waals surface area contributed by atoms with Gasteiger partial charge in [0, 0.05) is 25.1 Å². The van der Waals surface area contributed by atoms with E-state index in [0.717, 1.165) is 12.8 Å². The highest BCUT2D eigenvalue weighted by molar-refractivity contribution is 5.99. The molecule has 4 rings (SSSR count). The number of nitrogens with zero attached hydrogens (tertiary/aromatic N) is 3. The molecule has 0 amide bonds. The number of hydrogen-bond donors (Lipinski definition) is 2. The van der Waals surface area contributed by atoms with Crippen molar-refractivity contribution < 1.29 is 28.4 Å². The van der Waals surface area contributed by atoms with Gasteiger partial charge in [-0.15, -0.1) is 0 Å². The fourth-order valence-corrected chi connectivity index (χ4v) is 3.11. The Bertz CT molecular complexity index is 975. The van der Waals surface area contributed by atoms with Crippen LogP contribution in [0.2, 0.25) is 0 Å². The van der Waals surface area contributed by atoms with Crippen molar-refractivity contribution in [2.75, 3.05) is 25.6 Å². The molecule has 0 bridgehead atoms. The van der Waals surface area contributed by atoms with Gasteiger partial charge >= 0.3 is 5.97 Å². The number of carboxylic acid groups (broad SMARTS) is 1. The minimum atomic E-state index is -1.14. The molecule has 3 aromatic rings. The van der Waals surface area contributed by atoms with E-state index in [1.807, 2.05) is 0 Å². The van der Waals surface area contributed by atoms with Crippen molar-refractivity contribution in [2.24, 2.45) is 0 Å². The molecule has 10 heteroatoms. The van der Waals surface area contributed by atoms with E-state index in [0.29, 0.717) is 42.6 Å². The lowest BCUT2D eigenvalue weighted by molar-refractivity contribution is 0.0698. The van der Waals surface area contributed by atoms with E-state index in [1.165, 1.54) is 0 Å². The molecule has 29 heavy (non-hydrogen) atoms. The van der Waals surface area contributed by atoms with Gasteiger partial charge in [-0.1, -0.05) is 10.3 Å². The van der Waals surface area contributed by atoms with Crippen LogP contribution in [-0.4, -0.2) is 46.6 Å². The fraction of sp³-hybridized carbons (Fsp3) is 0.368. The second kappa shape index (κ2) is 8.31. The summed E-state index contributed by atoms with van der Waals surface area (Å²) in [5, 5.41) is 20.4. The highest BCUT2D eigenvalue weighted by Gasteiger charge is 2.25. The first kappa shape index (κ1) is 18.9. The van der Waals surface area contributed by atoms with Crippen LogP contribution in [0.4, 0.5) is 5.82 Å². The zero-order chi connectivity index (χ0) is 20.2. The van der Waals surface area contributed by atoms with Crippen LogP contribution in [0.25, 0.3) is 11.3 Å². The Labute approximate surface area is 165 Å². The van der Waals surface area contributed by atoms with Gasteiger partial charge in [-0.05, 0) is 37.1 Å². The standard InChI is InChI=1S/C19H20N4O6/c1-26-12-6-4-11(5-7-12)16-15(19(24)25)17(23-28-16)20-9-8-14-21-18(29-22-14)13-3-2-10-27-13/h4-7,13H,2-3,8-10H2,1H3,(H,20,23)(H,24,25). The van der Waals surface area contributed by atoms with Crippen LogP contribution >= 0.6 is 0 Å². The van der Waals surface area contributed by atoms with Crippen molar-refractivity contribution in [2.45, 2.75) is 25.4 Å². The molecule has 1 aliphatic rings. The number of hydrogen-bond acceptors (Lipinski definition) is 9. The van der Waals surface area contributed by atoms with E-state index >= 15 is 0 Å². The smallest absolute Gasteiger partial charge is 0.343 e. The van der Waals surface area contributed by atoms with Gasteiger partial charge in [0.1, 0.15) is 11.9 Å². The fourth-order valence-electron chi connectivity index (χ4n) is 3.11. The molecule has 1 fully saturated rings. The van der Waals surface area contributed by atoms with Gasteiger partial charge in [0.2, 0.25) is 0 Å². The van der Waals surface area contributed by atoms with Crippen LogP contribution in [0.3, 0.4) is 0 Å². The number of anilines is 1. The highest BCUT2D eigenvalue weighted by atomic mass is 16.5. The number of rotatable bonds is 8. The topological polar surface area (TPSA) is 133 Å². The molecule has 1 saturated heterocycles. The first-order valence-electron chi connectivity index (χ1n) is 9.21. The summed E-state index contributed by atoms with van der Waals surface area (Å²) in [4.78, 5) is 16.1. The quantitative estimate of drug-likeness (QED) is 0.581. The monoisotopic (exact) mass is 400 g/mol. The number of benzene rings is 1. The zero-order valence-electron chi connectivity index (χ0n) is 15.8. The predicted octanol–water partition coefficient (Wildman–Crippen LogP) is 2.94. The minimum absolute atomic E-state index is 0.0386. The predicted molar refractivity (Wildman–Crippen MR) is 99.9 cm³/mol. The van der Waals surface area contributed by atoms with Crippen LogP contribution in [0.5, 0.6) is 5.75 Å². The Morgan fingerprint density at radius 1 is 1.28 bits per heavy atom. The molecule has 1 aromatic carbocycles. The second-order valence-corrected chi connectivity index (χ2v) is 6.50. The van der Waals surface area contributed by atoms with Crippen LogP contribution in [0.1, 0.15) is 41.0 Å². The van der Waals surface area contributed by atoms with Gasteiger partial charge in [0.05, 0.1) is 7.11 Å². The van der Waals surface area contributed by atoms with Gasteiger partial charge in [0.15, 0.2) is 23.0 Å². The average Bonchev–Trinajstić information content (AvgIpc) is 3.48. The summed E-state index contributed by atoms with van der Waals surface area (Å²) in [6.45, 7) is 1.06. The summed E-state index contributed by atoms with van der Waals surface area (Å²) in [5.74, 6) is 0.825. The number of carboxylic acids is 1. The molecule has 1 aliphatic heterocycles. The Hall–Kier alpha value is -3.40. The maximum absolute atomic E-state index is 11.8. The van der Waals surface area contributed by atoms with Crippen LogP contribution in [0, 0.1) is 0 Å². The SMILES string of the molecule is COc1ccc(-c2onc(NCCc3noc(C4CCCO4)n3)c2C(=O)O)cc1. The molecular weight excluding hydrogens is 380 g/mol. The van der Waals surface area contributed by atoms with Crippen LogP contribution in [-0.2, 0) is 11.2 Å². The van der Waals surface area contributed by atoms with Gasteiger partial charge in [0.25, 0.3) is 5.89 Å². The first-order chi connectivity index (χ1) is 14.2. The van der Waals surface area contributed by atoms with Crippen LogP contribution < -0.4 is 10.1 Å². The molecule has 152 valence electrons. The van der Waals surface area contributed by atoms with Crippen LogP contribution in [0.15, 0.2) is 33.3 Å². The van der Waals surface area contributed by atoms with Crippen molar-refractivity contribution in [3.05, 3.63) is 41.5 Å². The maximum Gasteiger partial charge on any atom is 0.343 e. The first-order valence-corrected chi connectivity index (χ1v) is 9.21. The molecule has 10 nitrogen and oxygen atoms in total. The van der Waals surface area contributed by atoms with Crippen molar-refractivity contribution in [1.82, 2.24) is 15.3 Å². The molecule has 0 saturated carbocycles. The normalized spacial score (nSPS) is 16.1. The number of aromatic carboxylic acids is 1. The second-order valence-electron chi connectivity index (χ2n) is 6.50. The van der Waals surface area contributed by atoms with Crippen molar-refractivity contribution in [3.63, 3.8) is 0 Å². The molecule has 1 unspecified atom stereocenters. The molecule has 3 heterocycles. The summed E-state index contributed by atoms with van der Waals surface area (Å²) in [5.41, 5.74) is 0.548. The Kier molecular flexibility index (Phi) is 5.43. The largest absolute Gasteiger partial charge is 0.497 e. The third-order valence-corrected chi connectivity index (χ3v) is 4.59. The summed E-state index contributed by atoms with van der Waals surface area (Å²) >= 11 is 0. The molecule has 0 spiro atoms. The van der Waals surface area contributed by atoms with E-state index < -0.39 is 5.97 Å². The zero-order valence-corrected chi connectivity index (χ0v) is 15.8. The molecule has 0 radical (unpaired) electrons. The molecule has 2 aromatic heterocycles. The van der Waals surface area contributed by atoms with E-state index in [4.69, 9.17) is 18.5 Å². The number of carbonyl (C=O) groups is 1. The van der Waals surface area contributed by atoms with E-state index in [9.17, 15) is 9.90 Å². The number of nitrogens with one attached hydrogen (secondary N) is 1. The maximum atomic E-state index is 11.8. The third-order valence-electron chi connectivity index (χ3n) is 4.59. The van der Waals surface area contributed by atoms with Crippen molar-refractivity contribution >= 4 is 11.8 Å². The van der Waals surface area contributed by atoms with Crippen molar-refractivity contribution in [1.29, 1.82) is 0 Å². The average molecular weight is 400 g/mol. The molecular formula is C19H20N4O6. The van der Waals surface area contributed by atoms with Gasteiger partial charge in [-0.2, -0.15) is 4.98 Å². The Balaban J connectivity index is 1.43. The van der Waals surface area contributed by atoms with Gasteiger partial charge in [-0.25, -0.2) is 4.79 Å². The molecule has 2 N–H and O–H groups in total. The lowest BCUT2D eigenvalue weighted by atomic mass is 10.1. The summed E-state index contributed by atoms with van der Waals surface area (Å²) in [6.07, 6.45) is 2.14. The third kappa shape index (κ3) is 4.06. The van der Waals surface area contributed by atoms with Gasteiger partial charge < -0.3 is 28.9 Å². The summed E-state index contributed by atoms with van der Waals surface area (Å²) in [7, 11) is 1.56. The Morgan fingerprint density at radius 3 is 2.79 bits per heavy atom. The minimum Gasteiger partial charge on any atom is -0.497 e. The lowest BCUT2D eigenvalue weighted by Crippen LogP contribution is -2.10. The van der Waals surface area contributed by atoms with E-state index in [1.54, 1.807) is 31.4 Å². The van der Waals surface area contributed by atoms with E-state index in [2.05, 4.69) is 20.6 Å². The molecule has 1 atom stereocenters. The summed E-state index contributed by atoms with van der Waals surface area (Å²) in [6, 6.07) is 6.86. The molecule has 0 aliphatic carbocycles. The number of ether oxygens (including phenoxy) is 2. The lowest BCUT2D eigenvalue weighted by Gasteiger charge is -2.03. The van der Waals surface area contributed by atoms with Crippen molar-refractivity contribution in [3.8, 4) is 17.1 Å².